The molecule has 8 nitrogen and oxygen atoms in total. The number of aromatic nitrogens is 2. The molecule has 1 unspecified atom stereocenters. The number of H-pyrrole nitrogens is 1. The van der Waals surface area contributed by atoms with Gasteiger partial charge in [0.1, 0.15) is 12.6 Å². The van der Waals surface area contributed by atoms with Gasteiger partial charge in [-0.1, -0.05) is 31.9 Å². The molecule has 128 valence electrons. The molecule has 1 atom stereocenters. The maximum absolute atomic E-state index is 12.3. The van der Waals surface area contributed by atoms with E-state index in [1.54, 1.807) is 24.3 Å². The van der Waals surface area contributed by atoms with Crippen molar-refractivity contribution in [2.75, 3.05) is 0 Å². The lowest BCUT2D eigenvalue weighted by molar-refractivity contribution is -0.142. The second-order valence-corrected chi connectivity index (χ2v) is 5.47. The molecule has 1 aromatic carbocycles. The van der Waals surface area contributed by atoms with E-state index in [2.05, 4.69) is 10.3 Å². The number of benzene rings is 1. The standard InChI is InChI=1S/C16H19N3O5/c1-2-3-7-12(15(22)23)17-13(20)9-19-14(21)10-6-4-5-8-11(10)18-16(19)24/h4-6,8,12H,2-3,7,9H2,1H3,(H,17,20)(H,18,24)(H,22,23). The molecule has 0 fully saturated rings. The van der Waals surface area contributed by atoms with Crippen molar-refractivity contribution in [1.82, 2.24) is 14.9 Å². The number of amides is 1. The van der Waals surface area contributed by atoms with Gasteiger partial charge in [-0.25, -0.2) is 9.59 Å². The van der Waals surface area contributed by atoms with Crippen LogP contribution in [0.2, 0.25) is 0 Å². The highest BCUT2D eigenvalue weighted by Crippen LogP contribution is 2.03. The Morgan fingerprint density at radius 3 is 2.67 bits per heavy atom. The van der Waals surface area contributed by atoms with Crippen LogP contribution in [0.15, 0.2) is 33.9 Å². The number of aliphatic carboxylic acids is 1. The first kappa shape index (κ1) is 17.5. The molecule has 0 saturated heterocycles. The Balaban J connectivity index is 2.23. The molecule has 2 aromatic rings. The molecule has 0 aliphatic rings. The van der Waals surface area contributed by atoms with Crippen molar-refractivity contribution in [3.8, 4) is 0 Å². The highest BCUT2D eigenvalue weighted by Gasteiger charge is 2.20. The van der Waals surface area contributed by atoms with Gasteiger partial charge in [0.25, 0.3) is 5.56 Å². The second kappa shape index (κ2) is 7.58. The van der Waals surface area contributed by atoms with Gasteiger partial charge in [-0.3, -0.25) is 14.2 Å². The van der Waals surface area contributed by atoms with E-state index >= 15 is 0 Å². The van der Waals surface area contributed by atoms with Crippen molar-refractivity contribution < 1.29 is 14.7 Å². The number of carbonyl (C=O) groups is 2. The monoisotopic (exact) mass is 333 g/mol. The van der Waals surface area contributed by atoms with Crippen LogP contribution >= 0.6 is 0 Å². The summed E-state index contributed by atoms with van der Waals surface area (Å²) < 4.78 is 0.760. The first-order chi connectivity index (χ1) is 11.4. The van der Waals surface area contributed by atoms with Gasteiger partial charge < -0.3 is 15.4 Å². The molecule has 0 aliphatic heterocycles. The zero-order chi connectivity index (χ0) is 17.7. The highest BCUT2D eigenvalue weighted by atomic mass is 16.4. The van der Waals surface area contributed by atoms with Gasteiger partial charge >= 0.3 is 11.7 Å². The maximum Gasteiger partial charge on any atom is 0.329 e. The molecule has 1 aromatic heterocycles. The normalized spacial score (nSPS) is 12.0. The van der Waals surface area contributed by atoms with Crippen LogP contribution in [-0.2, 0) is 16.1 Å². The lowest BCUT2D eigenvalue weighted by atomic mass is 10.1. The van der Waals surface area contributed by atoms with Crippen LogP contribution in [0.5, 0.6) is 0 Å². The fourth-order valence-corrected chi connectivity index (χ4v) is 2.39. The Labute approximate surface area is 137 Å². The lowest BCUT2D eigenvalue weighted by Gasteiger charge is -2.14. The molecule has 2 rings (SSSR count). The number of aromatic amines is 1. The fourth-order valence-electron chi connectivity index (χ4n) is 2.39. The van der Waals surface area contributed by atoms with Crippen molar-refractivity contribution in [2.45, 2.75) is 38.8 Å². The Hall–Kier alpha value is -2.90. The molecule has 8 heteroatoms. The van der Waals surface area contributed by atoms with Gasteiger partial charge in [-0.05, 0) is 18.6 Å². The highest BCUT2D eigenvalue weighted by molar-refractivity contribution is 5.83. The zero-order valence-electron chi connectivity index (χ0n) is 13.2. The molecule has 24 heavy (non-hydrogen) atoms. The number of rotatable bonds is 7. The number of carbonyl (C=O) groups excluding carboxylic acids is 1. The third-order valence-corrected chi connectivity index (χ3v) is 3.67. The van der Waals surface area contributed by atoms with Crippen LogP contribution in [0.3, 0.4) is 0 Å². The van der Waals surface area contributed by atoms with E-state index in [1.807, 2.05) is 6.92 Å². The topological polar surface area (TPSA) is 121 Å². The number of unbranched alkanes of at least 4 members (excludes halogenated alkanes) is 1. The number of nitrogens with one attached hydrogen (secondary N) is 2. The van der Waals surface area contributed by atoms with E-state index in [0.29, 0.717) is 18.4 Å². The Morgan fingerprint density at radius 2 is 2.00 bits per heavy atom. The predicted molar refractivity (Wildman–Crippen MR) is 87.9 cm³/mol. The van der Waals surface area contributed by atoms with Crippen molar-refractivity contribution >= 4 is 22.8 Å². The molecule has 3 N–H and O–H groups in total. The number of carboxylic acid groups (broad SMARTS) is 1. The van der Waals surface area contributed by atoms with Crippen LogP contribution in [0.1, 0.15) is 26.2 Å². The third-order valence-electron chi connectivity index (χ3n) is 3.67. The first-order valence-corrected chi connectivity index (χ1v) is 7.68. The third kappa shape index (κ3) is 3.89. The van der Waals surface area contributed by atoms with Gasteiger partial charge in [0, 0.05) is 0 Å². The minimum Gasteiger partial charge on any atom is -0.480 e. The summed E-state index contributed by atoms with van der Waals surface area (Å²) in [6.45, 7) is 1.38. The Bertz CT molecular complexity index is 868. The van der Waals surface area contributed by atoms with Crippen LogP contribution in [0, 0.1) is 0 Å². The molecular weight excluding hydrogens is 314 g/mol. The van der Waals surface area contributed by atoms with E-state index in [1.165, 1.54) is 0 Å². The van der Waals surface area contributed by atoms with Crippen molar-refractivity contribution in [2.24, 2.45) is 0 Å². The van der Waals surface area contributed by atoms with Gasteiger partial charge in [0.2, 0.25) is 5.91 Å². The van der Waals surface area contributed by atoms with E-state index in [9.17, 15) is 19.2 Å². The molecule has 0 aliphatic carbocycles. The fraction of sp³-hybridized carbons (Fsp3) is 0.375. The maximum atomic E-state index is 12.3. The number of hydrogen-bond donors (Lipinski definition) is 3. The minimum absolute atomic E-state index is 0.283. The molecular formula is C16H19N3O5. The smallest absolute Gasteiger partial charge is 0.329 e. The molecule has 1 heterocycles. The van der Waals surface area contributed by atoms with E-state index in [0.717, 1.165) is 11.0 Å². The van der Waals surface area contributed by atoms with E-state index < -0.39 is 35.7 Å². The second-order valence-electron chi connectivity index (χ2n) is 5.47. The molecule has 0 radical (unpaired) electrons. The average Bonchev–Trinajstić information content (AvgIpc) is 2.55. The van der Waals surface area contributed by atoms with E-state index in [4.69, 9.17) is 5.11 Å². The molecule has 0 bridgehead atoms. The quantitative estimate of drug-likeness (QED) is 0.679. The zero-order valence-corrected chi connectivity index (χ0v) is 13.2. The lowest BCUT2D eigenvalue weighted by Crippen LogP contribution is -2.46. The van der Waals surface area contributed by atoms with Crippen LogP contribution in [-0.4, -0.2) is 32.6 Å². The van der Waals surface area contributed by atoms with E-state index in [-0.39, 0.29) is 5.39 Å². The molecule has 0 saturated carbocycles. The summed E-state index contributed by atoms with van der Waals surface area (Å²) in [6.07, 6.45) is 1.73. The largest absolute Gasteiger partial charge is 0.480 e. The summed E-state index contributed by atoms with van der Waals surface area (Å²) in [4.78, 5) is 50.0. The van der Waals surface area contributed by atoms with Gasteiger partial charge in [0.15, 0.2) is 0 Å². The summed E-state index contributed by atoms with van der Waals surface area (Å²) in [6, 6.07) is 5.43. The number of fused-ring (bicyclic) bond motifs is 1. The van der Waals surface area contributed by atoms with Crippen molar-refractivity contribution in [1.29, 1.82) is 0 Å². The number of hydrogen-bond acceptors (Lipinski definition) is 4. The minimum atomic E-state index is -1.14. The van der Waals surface area contributed by atoms with Gasteiger partial charge in [0.05, 0.1) is 10.9 Å². The Kier molecular flexibility index (Phi) is 5.51. The summed E-state index contributed by atoms with van der Waals surface area (Å²) >= 11 is 0. The molecule has 1 amide bonds. The molecule has 0 spiro atoms. The number of carboxylic acids is 1. The van der Waals surface area contributed by atoms with Crippen LogP contribution in [0.4, 0.5) is 0 Å². The van der Waals surface area contributed by atoms with Crippen LogP contribution in [0.25, 0.3) is 10.9 Å². The Morgan fingerprint density at radius 1 is 1.29 bits per heavy atom. The van der Waals surface area contributed by atoms with Crippen molar-refractivity contribution in [3.05, 3.63) is 45.1 Å². The summed E-state index contributed by atoms with van der Waals surface area (Å²) in [5, 5.41) is 11.7. The first-order valence-electron chi connectivity index (χ1n) is 7.68. The summed E-state index contributed by atoms with van der Waals surface area (Å²) in [5.74, 6) is -1.84. The van der Waals surface area contributed by atoms with Gasteiger partial charge in [-0.15, -0.1) is 0 Å². The van der Waals surface area contributed by atoms with Crippen LogP contribution < -0.4 is 16.6 Å². The van der Waals surface area contributed by atoms with Gasteiger partial charge in [-0.2, -0.15) is 0 Å². The summed E-state index contributed by atoms with van der Waals surface area (Å²) in [7, 11) is 0. The average molecular weight is 333 g/mol. The van der Waals surface area contributed by atoms with Crippen molar-refractivity contribution in [3.63, 3.8) is 0 Å². The summed E-state index contributed by atoms with van der Waals surface area (Å²) in [5.41, 5.74) is -0.922. The predicted octanol–water partition coefficient (Wildman–Crippen LogP) is 0.449. The SMILES string of the molecule is CCCCC(NC(=O)Cn1c(=O)[nH]c2ccccc2c1=O)C(=O)O. The number of para-hydroxylation sites is 1. The number of nitrogens with zero attached hydrogens (tertiary/aromatic N) is 1.